The molecule has 3 rings (SSSR count). The van der Waals surface area contributed by atoms with Crippen LogP contribution in [0.15, 0.2) is 30.5 Å². The highest BCUT2D eigenvalue weighted by Gasteiger charge is 2.25. The maximum Gasteiger partial charge on any atom is 0.133 e. The van der Waals surface area contributed by atoms with Crippen LogP contribution in [-0.4, -0.2) is 24.7 Å². The summed E-state index contributed by atoms with van der Waals surface area (Å²) in [4.78, 5) is 4.43. The van der Waals surface area contributed by atoms with Gasteiger partial charge < -0.3 is 15.8 Å². The first kappa shape index (κ1) is 12.2. The van der Waals surface area contributed by atoms with Crippen molar-refractivity contribution in [3.05, 3.63) is 30.5 Å². The quantitative estimate of drug-likeness (QED) is 0.883. The zero-order chi connectivity index (χ0) is 13.2. The predicted octanol–water partition coefficient (Wildman–Crippen LogP) is 2.39. The molecule has 0 unspecified atom stereocenters. The van der Waals surface area contributed by atoms with Gasteiger partial charge in [0.05, 0.1) is 7.11 Å². The number of ether oxygens (including phenoxy) is 1. The third-order valence-corrected chi connectivity index (χ3v) is 3.82. The molecule has 1 aliphatic carbocycles. The number of benzene rings is 1. The van der Waals surface area contributed by atoms with Crippen molar-refractivity contribution < 1.29 is 4.74 Å². The highest BCUT2D eigenvalue weighted by atomic mass is 16.5. The van der Waals surface area contributed by atoms with Crippen LogP contribution in [0.3, 0.4) is 0 Å². The standard InChI is InChI=1S/C15H19N3O/c1-19-14-4-2-3-13-12(14)5-6-17-15(13)18-9-10-7-11(16)8-10/h2-6,10-11H,7-9,16H2,1H3,(H,17,18). The van der Waals surface area contributed by atoms with Crippen molar-refractivity contribution in [1.82, 2.24) is 4.98 Å². The summed E-state index contributed by atoms with van der Waals surface area (Å²) < 4.78 is 5.38. The summed E-state index contributed by atoms with van der Waals surface area (Å²) in [6, 6.07) is 8.41. The normalized spacial score (nSPS) is 22.0. The van der Waals surface area contributed by atoms with Gasteiger partial charge >= 0.3 is 0 Å². The smallest absolute Gasteiger partial charge is 0.133 e. The van der Waals surface area contributed by atoms with Crippen LogP contribution in [0.2, 0.25) is 0 Å². The van der Waals surface area contributed by atoms with E-state index in [-0.39, 0.29) is 0 Å². The van der Waals surface area contributed by atoms with Crippen LogP contribution < -0.4 is 15.8 Å². The van der Waals surface area contributed by atoms with Crippen molar-refractivity contribution in [2.24, 2.45) is 11.7 Å². The number of anilines is 1. The van der Waals surface area contributed by atoms with Crippen LogP contribution in [0.25, 0.3) is 10.8 Å². The number of nitrogens with two attached hydrogens (primary N) is 1. The number of nitrogens with one attached hydrogen (secondary N) is 1. The number of hydrogen-bond donors (Lipinski definition) is 2. The van der Waals surface area contributed by atoms with Gasteiger partial charge in [0.2, 0.25) is 0 Å². The Kier molecular flexibility index (Phi) is 3.25. The fourth-order valence-electron chi connectivity index (χ4n) is 2.69. The van der Waals surface area contributed by atoms with Crippen molar-refractivity contribution >= 4 is 16.6 Å². The lowest BCUT2D eigenvalue weighted by atomic mass is 9.81. The summed E-state index contributed by atoms with van der Waals surface area (Å²) in [6.45, 7) is 0.941. The number of methoxy groups -OCH3 is 1. The maximum atomic E-state index is 5.81. The van der Waals surface area contributed by atoms with Crippen LogP contribution in [0.5, 0.6) is 5.75 Å². The summed E-state index contributed by atoms with van der Waals surface area (Å²) >= 11 is 0. The fourth-order valence-corrected chi connectivity index (χ4v) is 2.69. The molecule has 1 aromatic heterocycles. The van der Waals surface area contributed by atoms with E-state index >= 15 is 0 Å². The Morgan fingerprint density at radius 3 is 2.89 bits per heavy atom. The van der Waals surface area contributed by atoms with E-state index in [1.807, 2.05) is 24.4 Å². The molecule has 1 fully saturated rings. The van der Waals surface area contributed by atoms with E-state index in [0.717, 1.165) is 41.7 Å². The fraction of sp³-hybridized carbons (Fsp3) is 0.400. The molecule has 3 N–H and O–H groups in total. The minimum Gasteiger partial charge on any atom is -0.496 e. The highest BCUT2D eigenvalue weighted by Crippen LogP contribution is 2.30. The first-order valence-corrected chi connectivity index (χ1v) is 6.69. The number of aromatic nitrogens is 1. The van der Waals surface area contributed by atoms with Crippen LogP contribution in [0.4, 0.5) is 5.82 Å². The van der Waals surface area contributed by atoms with Gasteiger partial charge in [-0.25, -0.2) is 4.98 Å². The van der Waals surface area contributed by atoms with Gasteiger partial charge in [0, 0.05) is 29.6 Å². The molecule has 19 heavy (non-hydrogen) atoms. The summed E-state index contributed by atoms with van der Waals surface area (Å²) in [5.41, 5.74) is 5.81. The Bertz CT molecular complexity index is 579. The van der Waals surface area contributed by atoms with Gasteiger partial charge in [-0.3, -0.25) is 0 Å². The zero-order valence-electron chi connectivity index (χ0n) is 11.1. The second kappa shape index (κ2) is 5.05. The van der Waals surface area contributed by atoms with Crippen molar-refractivity contribution in [2.45, 2.75) is 18.9 Å². The molecule has 0 amide bonds. The molecule has 0 saturated heterocycles. The molecule has 0 aliphatic heterocycles. The lowest BCUT2D eigenvalue weighted by Gasteiger charge is -2.32. The molecule has 4 nitrogen and oxygen atoms in total. The van der Waals surface area contributed by atoms with E-state index in [0.29, 0.717) is 12.0 Å². The summed E-state index contributed by atoms with van der Waals surface area (Å²) in [5.74, 6) is 2.49. The SMILES string of the molecule is COc1cccc2c(NCC3CC(N)C3)nccc12. The topological polar surface area (TPSA) is 60.2 Å². The third kappa shape index (κ3) is 2.36. The van der Waals surface area contributed by atoms with Gasteiger partial charge in [-0.15, -0.1) is 0 Å². The third-order valence-electron chi connectivity index (χ3n) is 3.82. The lowest BCUT2D eigenvalue weighted by molar-refractivity contribution is 0.280. The zero-order valence-corrected chi connectivity index (χ0v) is 11.1. The molecule has 1 aliphatic rings. The Labute approximate surface area is 113 Å². The molecular formula is C15H19N3O. The molecule has 0 spiro atoms. The molecule has 1 aromatic carbocycles. The van der Waals surface area contributed by atoms with Crippen LogP contribution in [0.1, 0.15) is 12.8 Å². The predicted molar refractivity (Wildman–Crippen MR) is 77.5 cm³/mol. The first-order chi connectivity index (χ1) is 9.28. The number of hydrogen-bond acceptors (Lipinski definition) is 4. The van der Waals surface area contributed by atoms with Crippen molar-refractivity contribution in [3.63, 3.8) is 0 Å². The number of pyridine rings is 1. The largest absolute Gasteiger partial charge is 0.496 e. The van der Waals surface area contributed by atoms with Crippen LogP contribution >= 0.6 is 0 Å². The molecule has 100 valence electrons. The van der Waals surface area contributed by atoms with Gasteiger partial charge in [-0.1, -0.05) is 12.1 Å². The Balaban J connectivity index is 1.83. The Morgan fingerprint density at radius 1 is 1.32 bits per heavy atom. The number of nitrogens with zero attached hydrogens (tertiary/aromatic N) is 1. The van der Waals surface area contributed by atoms with E-state index in [9.17, 15) is 0 Å². The van der Waals surface area contributed by atoms with E-state index in [2.05, 4.69) is 16.4 Å². The van der Waals surface area contributed by atoms with Gasteiger partial charge in [-0.2, -0.15) is 0 Å². The molecular weight excluding hydrogens is 238 g/mol. The molecule has 1 saturated carbocycles. The second-order valence-corrected chi connectivity index (χ2v) is 5.19. The lowest BCUT2D eigenvalue weighted by Crippen LogP contribution is -2.39. The van der Waals surface area contributed by atoms with E-state index in [1.165, 1.54) is 0 Å². The maximum absolute atomic E-state index is 5.81. The summed E-state index contributed by atoms with van der Waals surface area (Å²) in [6.07, 6.45) is 4.04. The Morgan fingerprint density at radius 2 is 2.16 bits per heavy atom. The van der Waals surface area contributed by atoms with E-state index < -0.39 is 0 Å². The average molecular weight is 257 g/mol. The van der Waals surface area contributed by atoms with Crippen LogP contribution in [-0.2, 0) is 0 Å². The van der Waals surface area contributed by atoms with Crippen molar-refractivity contribution in [1.29, 1.82) is 0 Å². The summed E-state index contributed by atoms with van der Waals surface area (Å²) in [7, 11) is 1.69. The van der Waals surface area contributed by atoms with Gasteiger partial charge in [0.1, 0.15) is 11.6 Å². The molecule has 2 aromatic rings. The monoisotopic (exact) mass is 257 g/mol. The molecule has 0 atom stereocenters. The average Bonchev–Trinajstić information content (AvgIpc) is 2.41. The van der Waals surface area contributed by atoms with Crippen molar-refractivity contribution in [3.8, 4) is 5.75 Å². The van der Waals surface area contributed by atoms with E-state index in [1.54, 1.807) is 7.11 Å². The molecule has 0 bridgehead atoms. The molecule has 0 radical (unpaired) electrons. The van der Waals surface area contributed by atoms with E-state index in [4.69, 9.17) is 10.5 Å². The molecule has 4 heteroatoms. The van der Waals surface area contributed by atoms with Gasteiger partial charge in [0.15, 0.2) is 0 Å². The highest BCUT2D eigenvalue weighted by molar-refractivity contribution is 5.95. The summed E-state index contributed by atoms with van der Waals surface area (Å²) in [5, 5.41) is 5.63. The minimum absolute atomic E-state index is 0.396. The Hall–Kier alpha value is -1.81. The number of fused-ring (bicyclic) bond motifs is 1. The van der Waals surface area contributed by atoms with Crippen LogP contribution in [0, 0.1) is 5.92 Å². The molecule has 1 heterocycles. The minimum atomic E-state index is 0.396. The second-order valence-electron chi connectivity index (χ2n) is 5.19. The van der Waals surface area contributed by atoms with Crippen molar-refractivity contribution in [2.75, 3.05) is 19.0 Å². The first-order valence-electron chi connectivity index (χ1n) is 6.69. The van der Waals surface area contributed by atoms with Gasteiger partial charge in [0.25, 0.3) is 0 Å². The number of rotatable bonds is 4. The van der Waals surface area contributed by atoms with Gasteiger partial charge in [-0.05, 0) is 30.9 Å².